The van der Waals surface area contributed by atoms with Crippen LogP contribution in [0.5, 0.6) is 0 Å². The summed E-state index contributed by atoms with van der Waals surface area (Å²) in [4.78, 5) is 2.55. The SMILES string of the molecule is CCNC1CN(Cc2ccccc2)CC1C. The summed E-state index contributed by atoms with van der Waals surface area (Å²) in [5, 5.41) is 3.57. The zero-order chi connectivity index (χ0) is 11.4. The lowest BCUT2D eigenvalue weighted by molar-refractivity contribution is 0.316. The van der Waals surface area contributed by atoms with Crippen LogP contribution in [-0.2, 0) is 6.54 Å². The van der Waals surface area contributed by atoms with E-state index >= 15 is 0 Å². The standard InChI is InChI=1S/C14H22N2/c1-3-15-14-11-16(9-12(14)2)10-13-7-5-4-6-8-13/h4-8,12,14-15H,3,9-11H2,1-2H3. The Bertz CT molecular complexity index is 310. The van der Waals surface area contributed by atoms with E-state index in [1.165, 1.54) is 18.7 Å². The summed E-state index contributed by atoms with van der Waals surface area (Å²) in [6.07, 6.45) is 0. The van der Waals surface area contributed by atoms with Crippen LogP contribution in [0.25, 0.3) is 0 Å². The van der Waals surface area contributed by atoms with Crippen molar-refractivity contribution in [2.45, 2.75) is 26.4 Å². The van der Waals surface area contributed by atoms with Crippen LogP contribution in [0.15, 0.2) is 30.3 Å². The molecule has 1 aliphatic rings. The summed E-state index contributed by atoms with van der Waals surface area (Å²) >= 11 is 0. The van der Waals surface area contributed by atoms with Gasteiger partial charge in [0, 0.05) is 25.7 Å². The lowest BCUT2D eigenvalue weighted by Crippen LogP contribution is -2.35. The molecule has 1 N–H and O–H groups in total. The molecule has 1 aromatic rings. The molecule has 1 fully saturated rings. The molecule has 2 rings (SSSR count). The van der Waals surface area contributed by atoms with E-state index in [0.717, 1.165) is 19.0 Å². The van der Waals surface area contributed by atoms with Gasteiger partial charge in [0.25, 0.3) is 0 Å². The predicted octanol–water partition coefficient (Wildman–Crippen LogP) is 2.12. The van der Waals surface area contributed by atoms with Gasteiger partial charge in [-0.25, -0.2) is 0 Å². The van der Waals surface area contributed by atoms with E-state index in [1.54, 1.807) is 0 Å². The summed E-state index contributed by atoms with van der Waals surface area (Å²) in [6, 6.07) is 11.4. The van der Waals surface area contributed by atoms with E-state index in [-0.39, 0.29) is 0 Å². The third-order valence-electron chi connectivity index (χ3n) is 3.40. The maximum atomic E-state index is 3.57. The minimum atomic E-state index is 0.675. The van der Waals surface area contributed by atoms with E-state index in [4.69, 9.17) is 0 Å². The van der Waals surface area contributed by atoms with Gasteiger partial charge in [-0.15, -0.1) is 0 Å². The molecule has 0 aromatic heterocycles. The van der Waals surface area contributed by atoms with E-state index in [1.807, 2.05) is 0 Å². The lowest BCUT2D eigenvalue weighted by atomic mass is 10.1. The van der Waals surface area contributed by atoms with Crippen molar-refractivity contribution < 1.29 is 0 Å². The van der Waals surface area contributed by atoms with Gasteiger partial charge in [-0.3, -0.25) is 4.90 Å². The Labute approximate surface area is 98.7 Å². The molecular formula is C14H22N2. The fourth-order valence-electron chi connectivity index (χ4n) is 2.57. The fourth-order valence-corrected chi connectivity index (χ4v) is 2.57. The Balaban J connectivity index is 1.89. The quantitative estimate of drug-likeness (QED) is 0.832. The second-order valence-electron chi connectivity index (χ2n) is 4.82. The number of rotatable bonds is 4. The highest BCUT2D eigenvalue weighted by Crippen LogP contribution is 2.18. The maximum absolute atomic E-state index is 3.57. The number of likely N-dealkylation sites (N-methyl/N-ethyl adjacent to an activating group) is 1. The van der Waals surface area contributed by atoms with Crippen LogP contribution in [0.3, 0.4) is 0 Å². The molecular weight excluding hydrogens is 196 g/mol. The molecule has 0 radical (unpaired) electrons. The zero-order valence-electron chi connectivity index (χ0n) is 10.3. The van der Waals surface area contributed by atoms with Crippen molar-refractivity contribution in [2.24, 2.45) is 5.92 Å². The van der Waals surface area contributed by atoms with Crippen LogP contribution >= 0.6 is 0 Å². The average molecular weight is 218 g/mol. The molecule has 0 amide bonds. The third-order valence-corrected chi connectivity index (χ3v) is 3.40. The Hall–Kier alpha value is -0.860. The van der Waals surface area contributed by atoms with E-state index in [9.17, 15) is 0 Å². The fraction of sp³-hybridized carbons (Fsp3) is 0.571. The van der Waals surface area contributed by atoms with Gasteiger partial charge >= 0.3 is 0 Å². The van der Waals surface area contributed by atoms with Gasteiger partial charge in [0.1, 0.15) is 0 Å². The first-order valence-electron chi connectivity index (χ1n) is 6.29. The summed E-state index contributed by atoms with van der Waals surface area (Å²) in [5.41, 5.74) is 1.42. The van der Waals surface area contributed by atoms with Crippen molar-refractivity contribution in [3.63, 3.8) is 0 Å². The first-order chi connectivity index (χ1) is 7.79. The molecule has 0 aliphatic carbocycles. The van der Waals surface area contributed by atoms with Crippen LogP contribution in [-0.4, -0.2) is 30.6 Å². The first kappa shape index (κ1) is 11.6. The first-order valence-corrected chi connectivity index (χ1v) is 6.29. The number of nitrogens with zero attached hydrogens (tertiary/aromatic N) is 1. The highest BCUT2D eigenvalue weighted by atomic mass is 15.2. The minimum absolute atomic E-state index is 0.675. The molecule has 88 valence electrons. The number of nitrogens with one attached hydrogen (secondary N) is 1. The second kappa shape index (κ2) is 5.46. The molecule has 0 bridgehead atoms. The topological polar surface area (TPSA) is 15.3 Å². The monoisotopic (exact) mass is 218 g/mol. The number of benzene rings is 1. The molecule has 1 aromatic carbocycles. The van der Waals surface area contributed by atoms with Gasteiger partial charge < -0.3 is 5.32 Å². The average Bonchev–Trinajstić information content (AvgIpc) is 2.61. The molecule has 1 aliphatic heterocycles. The highest BCUT2D eigenvalue weighted by molar-refractivity contribution is 5.14. The number of hydrogen-bond donors (Lipinski definition) is 1. The number of hydrogen-bond acceptors (Lipinski definition) is 2. The summed E-state index contributed by atoms with van der Waals surface area (Å²) < 4.78 is 0. The smallest absolute Gasteiger partial charge is 0.0234 e. The van der Waals surface area contributed by atoms with Crippen LogP contribution in [0.2, 0.25) is 0 Å². The van der Waals surface area contributed by atoms with E-state index in [0.29, 0.717) is 6.04 Å². The molecule has 2 atom stereocenters. The van der Waals surface area contributed by atoms with Crippen molar-refractivity contribution >= 4 is 0 Å². The van der Waals surface area contributed by atoms with Gasteiger partial charge in [0.2, 0.25) is 0 Å². The van der Waals surface area contributed by atoms with Crippen molar-refractivity contribution in [3.8, 4) is 0 Å². The van der Waals surface area contributed by atoms with Crippen LogP contribution in [0.1, 0.15) is 19.4 Å². The largest absolute Gasteiger partial charge is 0.313 e. The molecule has 2 nitrogen and oxygen atoms in total. The van der Waals surface area contributed by atoms with Crippen molar-refractivity contribution in [1.29, 1.82) is 0 Å². The van der Waals surface area contributed by atoms with Gasteiger partial charge in [-0.05, 0) is 18.0 Å². The Kier molecular flexibility index (Phi) is 3.97. The molecule has 1 heterocycles. The van der Waals surface area contributed by atoms with Gasteiger partial charge in [-0.1, -0.05) is 44.2 Å². The van der Waals surface area contributed by atoms with E-state index < -0.39 is 0 Å². The van der Waals surface area contributed by atoms with Crippen LogP contribution < -0.4 is 5.32 Å². The van der Waals surface area contributed by atoms with Gasteiger partial charge in [-0.2, -0.15) is 0 Å². The van der Waals surface area contributed by atoms with Crippen LogP contribution in [0, 0.1) is 5.92 Å². The van der Waals surface area contributed by atoms with Crippen molar-refractivity contribution in [2.75, 3.05) is 19.6 Å². The van der Waals surface area contributed by atoms with Gasteiger partial charge in [0.05, 0.1) is 0 Å². The molecule has 0 saturated carbocycles. The summed E-state index contributed by atoms with van der Waals surface area (Å²) in [7, 11) is 0. The summed E-state index contributed by atoms with van der Waals surface area (Å²) in [5.74, 6) is 0.767. The molecule has 2 unspecified atom stereocenters. The number of likely N-dealkylation sites (tertiary alicyclic amines) is 1. The van der Waals surface area contributed by atoms with Crippen molar-refractivity contribution in [3.05, 3.63) is 35.9 Å². The Morgan fingerprint density at radius 2 is 2.00 bits per heavy atom. The second-order valence-corrected chi connectivity index (χ2v) is 4.82. The van der Waals surface area contributed by atoms with E-state index in [2.05, 4.69) is 54.4 Å². The molecule has 1 saturated heterocycles. The molecule has 0 spiro atoms. The summed E-state index contributed by atoms with van der Waals surface area (Å²) in [6.45, 7) is 9.10. The molecule has 2 heteroatoms. The third kappa shape index (κ3) is 2.83. The minimum Gasteiger partial charge on any atom is -0.313 e. The Morgan fingerprint density at radius 3 is 2.69 bits per heavy atom. The Morgan fingerprint density at radius 1 is 1.25 bits per heavy atom. The maximum Gasteiger partial charge on any atom is 0.0234 e. The predicted molar refractivity (Wildman–Crippen MR) is 68.3 cm³/mol. The van der Waals surface area contributed by atoms with Crippen molar-refractivity contribution in [1.82, 2.24) is 10.2 Å². The lowest BCUT2D eigenvalue weighted by Gasteiger charge is -2.16. The zero-order valence-corrected chi connectivity index (χ0v) is 10.3. The highest BCUT2D eigenvalue weighted by Gasteiger charge is 2.28. The van der Waals surface area contributed by atoms with Gasteiger partial charge in [0.15, 0.2) is 0 Å². The normalized spacial score (nSPS) is 26.1. The van der Waals surface area contributed by atoms with Crippen LogP contribution in [0.4, 0.5) is 0 Å². The molecule has 16 heavy (non-hydrogen) atoms.